The molecular weight excluding hydrogens is 646 g/mol. The van der Waals surface area contributed by atoms with Gasteiger partial charge in [0.1, 0.15) is 5.08 Å². The van der Waals surface area contributed by atoms with Crippen LogP contribution >= 0.6 is 21.4 Å². The molecule has 1 atom stereocenters. The summed E-state index contributed by atoms with van der Waals surface area (Å²) in [6.07, 6.45) is 0. The summed E-state index contributed by atoms with van der Waals surface area (Å²) >= 11 is -2.60. The Bertz CT molecular complexity index is 1070. The van der Waals surface area contributed by atoms with Crippen molar-refractivity contribution >= 4 is 80.3 Å². The third-order valence-corrected chi connectivity index (χ3v) is 13.6. The van der Waals surface area contributed by atoms with Crippen LogP contribution in [0.2, 0.25) is 0 Å². The fourth-order valence-corrected chi connectivity index (χ4v) is 8.89. The molecule has 220 valence electrons. The predicted octanol–water partition coefficient (Wildman–Crippen LogP) is -1.32. The second kappa shape index (κ2) is 20.8. The van der Waals surface area contributed by atoms with Crippen molar-refractivity contribution in [2.24, 2.45) is 5.92 Å². The summed E-state index contributed by atoms with van der Waals surface area (Å²) in [5, 5.41) is -4.70. The molecular formula is C14H35Cl2LiO13S6. The van der Waals surface area contributed by atoms with Gasteiger partial charge in [0.15, 0.2) is 29.8 Å². The summed E-state index contributed by atoms with van der Waals surface area (Å²) in [6.45, 7) is 12.0. The Balaban J connectivity index is -0.0000000858. The van der Waals surface area contributed by atoms with Crippen LogP contribution in [0.4, 0.5) is 0 Å². The van der Waals surface area contributed by atoms with Gasteiger partial charge in [0.2, 0.25) is 18.1 Å². The average molecular weight is 682 g/mol. The maximum Gasteiger partial charge on any atom is 1.00 e. The van der Waals surface area contributed by atoms with E-state index in [1.807, 2.05) is 0 Å². The van der Waals surface area contributed by atoms with E-state index in [4.69, 9.17) is 15.2 Å². The topological polar surface area (TPSA) is 231 Å². The van der Waals surface area contributed by atoms with Crippen molar-refractivity contribution in [3.8, 4) is 0 Å². The molecule has 0 aliphatic heterocycles. The van der Waals surface area contributed by atoms with E-state index in [0.29, 0.717) is 0 Å². The van der Waals surface area contributed by atoms with Crippen molar-refractivity contribution in [2.75, 3.05) is 15.3 Å². The minimum atomic E-state index is -4.41. The van der Waals surface area contributed by atoms with Gasteiger partial charge in [-0.05, 0) is 44.7 Å². The van der Waals surface area contributed by atoms with Gasteiger partial charge in [-0.1, -0.05) is 28.2 Å². The molecule has 0 bridgehead atoms. The van der Waals surface area contributed by atoms with E-state index < -0.39 is 84.7 Å². The molecule has 0 aromatic rings. The van der Waals surface area contributed by atoms with Crippen molar-refractivity contribution in [1.82, 2.24) is 0 Å². The van der Waals surface area contributed by atoms with E-state index in [2.05, 4.69) is 31.5 Å². The average Bonchev–Trinajstić information content (AvgIpc) is 2.39. The number of rotatable bonds is 8. The van der Waals surface area contributed by atoms with Gasteiger partial charge in [-0.15, -0.1) is 0 Å². The van der Waals surface area contributed by atoms with Gasteiger partial charge in [-0.2, -0.15) is 8.42 Å². The molecule has 13 nitrogen and oxygen atoms in total. The first-order valence-electron chi connectivity index (χ1n) is 8.74. The third-order valence-electron chi connectivity index (χ3n) is 2.29. The van der Waals surface area contributed by atoms with Crippen LogP contribution in [0.25, 0.3) is 0 Å². The largest absolute Gasteiger partial charge is 1.00 e. The minimum absolute atomic E-state index is 0. The van der Waals surface area contributed by atoms with Crippen molar-refractivity contribution in [3.63, 3.8) is 0 Å². The van der Waals surface area contributed by atoms with Gasteiger partial charge in [-0.25, -0.2) is 33.7 Å². The maximum atomic E-state index is 10.9. The molecule has 0 heterocycles. The Morgan fingerprint density at radius 3 is 1.00 bits per heavy atom. The fourth-order valence-electron chi connectivity index (χ4n) is 0.791. The SMILES string of the molecule is C.CC(C)C.CC(C)S(=O)(=O)CS(=O)(=O)Cl.CC(C)S(=O)(=O)CS(=O)(=O)O.O=S([O-])CS(=O)(=O)Cl.[Li+]. The van der Waals surface area contributed by atoms with Crippen molar-refractivity contribution in [3.05, 3.63) is 0 Å². The molecule has 0 saturated carbocycles. The van der Waals surface area contributed by atoms with Crippen LogP contribution in [0.1, 0.15) is 55.9 Å². The van der Waals surface area contributed by atoms with Gasteiger partial charge in [-0.3, -0.25) is 8.76 Å². The zero-order chi connectivity index (χ0) is 28.9. The molecule has 0 radical (unpaired) electrons. The molecule has 0 fully saturated rings. The van der Waals surface area contributed by atoms with Gasteiger partial charge in [0, 0.05) is 21.4 Å². The second-order valence-electron chi connectivity index (χ2n) is 7.47. The molecule has 0 aromatic heterocycles. The number of hydrogen-bond acceptors (Lipinski definition) is 12. The van der Waals surface area contributed by atoms with E-state index in [9.17, 15) is 50.9 Å². The molecule has 36 heavy (non-hydrogen) atoms. The Morgan fingerprint density at radius 2 is 0.944 bits per heavy atom. The van der Waals surface area contributed by atoms with E-state index in [0.717, 1.165) is 5.92 Å². The van der Waals surface area contributed by atoms with Crippen LogP contribution < -0.4 is 18.9 Å². The van der Waals surface area contributed by atoms with Crippen LogP contribution in [0.3, 0.4) is 0 Å². The Hall–Kier alpha value is 0.997. The van der Waals surface area contributed by atoms with E-state index in [1.54, 1.807) is 0 Å². The first kappa shape index (κ1) is 49.9. The first-order chi connectivity index (χ1) is 14.4. The molecule has 0 spiro atoms. The van der Waals surface area contributed by atoms with E-state index in [-0.39, 0.29) is 26.3 Å². The normalized spacial score (nSPS) is 12.9. The van der Waals surface area contributed by atoms with Crippen LogP contribution in [-0.4, -0.2) is 81.2 Å². The Morgan fingerprint density at radius 1 is 0.694 bits per heavy atom. The smallest absolute Gasteiger partial charge is 0.772 e. The number of halogens is 2. The fraction of sp³-hybridized carbons (Fsp3) is 1.00. The van der Waals surface area contributed by atoms with Crippen LogP contribution in [0.5, 0.6) is 0 Å². The van der Waals surface area contributed by atoms with Crippen molar-refractivity contribution < 1.29 is 74.3 Å². The van der Waals surface area contributed by atoms with Gasteiger partial charge >= 0.3 is 18.9 Å². The van der Waals surface area contributed by atoms with Gasteiger partial charge in [0.05, 0.1) is 10.5 Å². The zero-order valence-electron chi connectivity index (χ0n) is 20.4. The molecule has 0 aliphatic rings. The molecule has 0 amide bonds. The van der Waals surface area contributed by atoms with Gasteiger partial charge < -0.3 is 4.55 Å². The Labute approximate surface area is 240 Å². The maximum absolute atomic E-state index is 10.9. The van der Waals surface area contributed by atoms with E-state index >= 15 is 0 Å². The summed E-state index contributed by atoms with van der Waals surface area (Å²) in [6, 6.07) is 0. The van der Waals surface area contributed by atoms with Crippen LogP contribution in [0.15, 0.2) is 0 Å². The molecule has 0 rings (SSSR count). The molecule has 0 saturated heterocycles. The summed E-state index contributed by atoms with van der Waals surface area (Å²) in [5.74, 6) is 0.833. The predicted molar refractivity (Wildman–Crippen MR) is 140 cm³/mol. The van der Waals surface area contributed by atoms with E-state index in [1.165, 1.54) is 27.7 Å². The standard InChI is InChI=1S/C4H9ClO4S2.C4H10O5S2.C4H10.CH3ClO4S2.CH4.Li/c1-4(2)10(6,7)3-11(5,8)9;1-4(2)10(5,6)3-11(7,8)9;1-4(2)3;2-8(5,6)1-7(3)4;;/h4H,3H2,1-2H3;4H,3H2,1-2H3,(H,7,8,9);4H,1-3H3;1H2,(H,3,4);1H4;/q;;;;;+1/p-1. The van der Waals surface area contributed by atoms with Crippen molar-refractivity contribution in [1.29, 1.82) is 0 Å². The summed E-state index contributed by atoms with van der Waals surface area (Å²) in [4.78, 5) is 0. The summed E-state index contributed by atoms with van der Waals surface area (Å²) in [7, 11) is -10.2. The third kappa shape index (κ3) is 45.0. The molecule has 1 unspecified atom stereocenters. The van der Waals surface area contributed by atoms with Crippen LogP contribution in [0, 0.1) is 5.92 Å². The summed E-state index contributed by atoms with van der Waals surface area (Å²) < 4.78 is 131. The zero-order valence-corrected chi connectivity index (χ0v) is 26.8. The first-order valence-corrected chi connectivity index (χ1v) is 20.0. The Kier molecular flexibility index (Phi) is 28.9. The molecule has 0 aromatic carbocycles. The van der Waals surface area contributed by atoms with Crippen molar-refractivity contribution in [2.45, 2.75) is 66.4 Å². The molecule has 22 heteroatoms. The molecule has 1 N–H and O–H groups in total. The minimum Gasteiger partial charge on any atom is -0.772 e. The summed E-state index contributed by atoms with van der Waals surface area (Å²) in [5.41, 5.74) is 0. The molecule has 0 aliphatic carbocycles. The quantitative estimate of drug-likeness (QED) is 0.136. The number of hydrogen-bond donors (Lipinski definition) is 1. The monoisotopic (exact) mass is 680 g/mol. The van der Waals surface area contributed by atoms with Gasteiger partial charge in [0.25, 0.3) is 10.1 Å². The second-order valence-corrected chi connectivity index (χ2v) is 21.6. The van der Waals surface area contributed by atoms with Crippen LogP contribution in [-0.2, 0) is 59.0 Å². The number of sulfone groups is 2.